The normalized spacial score (nSPS) is 13.9. The number of unbranched alkanes of at least 4 members (excludes halogenated alkanes) is 40. The van der Waals surface area contributed by atoms with E-state index in [9.17, 15) is 19.0 Å². The van der Waals surface area contributed by atoms with Gasteiger partial charge in [0.2, 0.25) is 5.91 Å². The average molecular weight is 1210 g/mol. The van der Waals surface area contributed by atoms with Gasteiger partial charge in [-0.25, -0.2) is 4.57 Å². The van der Waals surface area contributed by atoms with Crippen molar-refractivity contribution in [2.24, 2.45) is 0 Å². The first kappa shape index (κ1) is 82.5. The minimum Gasteiger partial charge on any atom is -0.456 e. The van der Waals surface area contributed by atoms with E-state index in [1.807, 2.05) is 33.3 Å². The summed E-state index contributed by atoms with van der Waals surface area (Å²) in [5.74, 6) is -0.503. The minimum absolute atomic E-state index is 0.0383. The Kier molecular flexibility index (Phi) is 62.5. The van der Waals surface area contributed by atoms with Crippen LogP contribution in [0.25, 0.3) is 0 Å². The fraction of sp³-hybridized carbons (Fsp3) is 0.813. The molecule has 496 valence electrons. The third-order valence-corrected chi connectivity index (χ3v) is 17.1. The number of amides is 1. The first-order valence-corrected chi connectivity index (χ1v) is 37.8. The molecule has 10 heteroatoms. The van der Waals surface area contributed by atoms with Gasteiger partial charge in [-0.2, -0.15) is 0 Å². The monoisotopic (exact) mass is 1210 g/mol. The highest BCUT2D eigenvalue weighted by Crippen LogP contribution is 2.43. The Labute approximate surface area is 527 Å². The molecule has 0 saturated carbocycles. The minimum atomic E-state index is -4.46. The number of hydrogen-bond acceptors (Lipinski definition) is 6. The highest BCUT2D eigenvalue weighted by molar-refractivity contribution is 7.47. The van der Waals surface area contributed by atoms with E-state index in [-0.39, 0.29) is 31.5 Å². The summed E-state index contributed by atoms with van der Waals surface area (Å²) in [6.07, 6.45) is 84.9. The lowest BCUT2D eigenvalue weighted by Crippen LogP contribution is -2.47. The molecule has 0 fully saturated rings. The van der Waals surface area contributed by atoms with Gasteiger partial charge in [0, 0.05) is 12.8 Å². The van der Waals surface area contributed by atoms with Crippen molar-refractivity contribution in [1.82, 2.24) is 5.32 Å². The molecular formula is C75H140N2O7P+. The number of carbonyl (C=O) groups excluding carboxylic acids is 2. The molecule has 0 aromatic carbocycles. The van der Waals surface area contributed by atoms with Crippen LogP contribution >= 0.6 is 7.82 Å². The molecule has 9 nitrogen and oxygen atoms in total. The van der Waals surface area contributed by atoms with E-state index >= 15 is 0 Å². The number of hydrogen-bond donors (Lipinski definition) is 2. The van der Waals surface area contributed by atoms with Gasteiger partial charge in [0.25, 0.3) is 0 Å². The maximum atomic E-state index is 13.6. The van der Waals surface area contributed by atoms with Gasteiger partial charge >= 0.3 is 13.8 Å². The predicted molar refractivity (Wildman–Crippen MR) is 369 cm³/mol. The lowest BCUT2D eigenvalue weighted by Gasteiger charge is -2.27. The van der Waals surface area contributed by atoms with Crippen molar-refractivity contribution in [3.05, 3.63) is 72.9 Å². The fourth-order valence-electron chi connectivity index (χ4n) is 10.5. The highest BCUT2D eigenvalue weighted by atomic mass is 31.2. The molecule has 0 aromatic heterocycles. The lowest BCUT2D eigenvalue weighted by molar-refractivity contribution is -0.870. The number of esters is 1. The number of ether oxygens (including phenoxy) is 1. The van der Waals surface area contributed by atoms with Crippen molar-refractivity contribution >= 4 is 19.7 Å². The second-order valence-electron chi connectivity index (χ2n) is 25.8. The first-order valence-electron chi connectivity index (χ1n) is 36.3. The second kappa shape index (κ2) is 64.4. The fourth-order valence-corrected chi connectivity index (χ4v) is 11.2. The quantitative estimate of drug-likeness (QED) is 0.0205. The first-order chi connectivity index (χ1) is 41.4. The van der Waals surface area contributed by atoms with E-state index in [1.54, 1.807) is 0 Å². The molecule has 0 spiro atoms. The Balaban J connectivity index is 4.97. The van der Waals surface area contributed by atoms with E-state index in [0.717, 1.165) is 89.9 Å². The van der Waals surface area contributed by atoms with Crippen molar-refractivity contribution in [3.8, 4) is 0 Å². The van der Waals surface area contributed by atoms with Crippen molar-refractivity contribution in [1.29, 1.82) is 0 Å². The number of nitrogens with one attached hydrogen (secondary N) is 1. The van der Waals surface area contributed by atoms with E-state index in [2.05, 4.69) is 86.8 Å². The van der Waals surface area contributed by atoms with Gasteiger partial charge in [-0.3, -0.25) is 18.6 Å². The van der Waals surface area contributed by atoms with Crippen LogP contribution in [0, 0.1) is 0 Å². The van der Waals surface area contributed by atoms with Crippen LogP contribution in [0.2, 0.25) is 0 Å². The molecule has 0 aliphatic carbocycles. The third kappa shape index (κ3) is 65.7. The maximum absolute atomic E-state index is 13.6. The summed E-state index contributed by atoms with van der Waals surface area (Å²) in [5, 5.41) is 3.07. The molecule has 0 saturated heterocycles. The van der Waals surface area contributed by atoms with Gasteiger partial charge in [0.05, 0.1) is 33.8 Å². The molecule has 3 unspecified atom stereocenters. The number of carbonyl (C=O) groups is 2. The molecule has 0 aromatic rings. The van der Waals surface area contributed by atoms with E-state index in [0.29, 0.717) is 17.4 Å². The van der Waals surface area contributed by atoms with Crippen molar-refractivity contribution in [2.45, 2.75) is 354 Å². The van der Waals surface area contributed by atoms with Gasteiger partial charge in [-0.1, -0.05) is 299 Å². The summed E-state index contributed by atoms with van der Waals surface area (Å²) in [4.78, 5) is 37.9. The van der Waals surface area contributed by atoms with E-state index in [1.165, 1.54) is 218 Å². The zero-order valence-corrected chi connectivity index (χ0v) is 57.7. The summed E-state index contributed by atoms with van der Waals surface area (Å²) < 4.78 is 30.8. The number of phosphoric acid groups is 1. The Morgan fingerprint density at radius 3 is 1.09 bits per heavy atom. The molecule has 0 radical (unpaired) electrons. The molecular weight excluding hydrogens is 1070 g/mol. The SMILES string of the molecule is CCCCC/C=C\C/C=C\C/C=C\CCCCCCCCCCC(=O)OC(/C=C\CCCCCCCCCCC)C(COP(=O)(O)OCC[N+](C)(C)C)NC(=O)CCCCCCCCCCCCCCCCCCC/C=C\C/C=C\CCCCC. The summed E-state index contributed by atoms with van der Waals surface area (Å²) in [6, 6.07) is -0.853. The standard InChI is InChI=1S/C75H139N2O7P/c1-7-10-13-16-19-22-25-27-29-31-33-35-36-37-38-39-40-42-43-45-47-49-52-55-58-61-64-67-74(78)76-72(71-83-85(80,81)82-70-69-77(4,5)6)73(66-63-60-57-54-51-24-21-18-15-12-9-3)84-75(79)68-65-62-59-56-53-50-48-46-44-41-34-32-30-28-26-23-20-17-14-11-8-2/h19-20,22-23,27-30,34,41,63,66,72-73H,7-18,21,24-26,31-33,35-40,42-62,64-65,67-71H2,1-6H3,(H-,76,78,80,81)/p+1/b22-19-,23-20-,29-27-,30-28-,41-34-,66-63-. The van der Waals surface area contributed by atoms with Crippen molar-refractivity contribution in [2.75, 3.05) is 40.9 Å². The molecule has 3 atom stereocenters. The van der Waals surface area contributed by atoms with Crippen LogP contribution in [0.4, 0.5) is 0 Å². The molecule has 0 bridgehead atoms. The predicted octanol–water partition coefficient (Wildman–Crippen LogP) is 23.1. The topological polar surface area (TPSA) is 111 Å². The van der Waals surface area contributed by atoms with Crippen LogP contribution in [0.3, 0.4) is 0 Å². The van der Waals surface area contributed by atoms with Crippen LogP contribution in [0.5, 0.6) is 0 Å². The summed E-state index contributed by atoms with van der Waals surface area (Å²) >= 11 is 0. The zero-order chi connectivity index (χ0) is 62.1. The van der Waals surface area contributed by atoms with Gasteiger partial charge in [-0.15, -0.1) is 0 Å². The second-order valence-corrected chi connectivity index (χ2v) is 27.2. The van der Waals surface area contributed by atoms with Gasteiger partial charge in [0.1, 0.15) is 19.3 Å². The molecule has 0 heterocycles. The van der Waals surface area contributed by atoms with Crippen LogP contribution in [-0.2, 0) is 27.9 Å². The molecule has 0 aliphatic heterocycles. The van der Waals surface area contributed by atoms with Gasteiger partial charge in [-0.05, 0) is 102 Å². The maximum Gasteiger partial charge on any atom is 0.472 e. The Morgan fingerprint density at radius 2 is 0.718 bits per heavy atom. The van der Waals surface area contributed by atoms with Crippen LogP contribution in [-0.4, -0.2) is 74.3 Å². The number of likely N-dealkylation sites (N-methyl/N-ethyl adjacent to an activating group) is 1. The van der Waals surface area contributed by atoms with Crippen molar-refractivity contribution < 1.29 is 37.3 Å². The molecule has 0 rings (SSSR count). The molecule has 1 amide bonds. The number of nitrogens with zero attached hydrogens (tertiary/aromatic N) is 1. The lowest BCUT2D eigenvalue weighted by atomic mass is 10.0. The molecule has 2 N–H and O–H groups in total. The smallest absolute Gasteiger partial charge is 0.456 e. The van der Waals surface area contributed by atoms with Gasteiger partial charge in [0.15, 0.2) is 0 Å². The number of phosphoric ester groups is 1. The van der Waals surface area contributed by atoms with Gasteiger partial charge < -0.3 is 19.4 Å². The number of quaternary nitrogens is 1. The third-order valence-electron chi connectivity index (χ3n) is 16.1. The summed E-state index contributed by atoms with van der Waals surface area (Å²) in [5.41, 5.74) is 0. The average Bonchev–Trinajstić information content (AvgIpc) is 3.63. The molecule has 85 heavy (non-hydrogen) atoms. The Morgan fingerprint density at radius 1 is 0.412 bits per heavy atom. The summed E-state index contributed by atoms with van der Waals surface area (Å²) in [6.45, 7) is 6.99. The highest BCUT2D eigenvalue weighted by Gasteiger charge is 2.30. The zero-order valence-electron chi connectivity index (χ0n) is 56.9. The largest absolute Gasteiger partial charge is 0.472 e. The van der Waals surface area contributed by atoms with Crippen molar-refractivity contribution in [3.63, 3.8) is 0 Å². The number of rotatable bonds is 66. The van der Waals surface area contributed by atoms with E-state index in [4.69, 9.17) is 13.8 Å². The summed E-state index contributed by atoms with van der Waals surface area (Å²) in [7, 11) is 1.50. The van der Waals surface area contributed by atoms with Crippen LogP contribution in [0.15, 0.2) is 72.9 Å². The Bertz CT molecular complexity index is 1680. The molecule has 0 aliphatic rings. The van der Waals surface area contributed by atoms with Crippen LogP contribution < -0.4 is 5.32 Å². The van der Waals surface area contributed by atoms with E-state index < -0.39 is 20.0 Å². The Hall–Kier alpha value is -2.55. The number of allylic oxidation sites excluding steroid dienone is 11. The van der Waals surface area contributed by atoms with Crippen LogP contribution in [0.1, 0.15) is 342 Å².